The lowest BCUT2D eigenvalue weighted by molar-refractivity contribution is 1.05. The van der Waals surface area contributed by atoms with Gasteiger partial charge in [-0.3, -0.25) is 0 Å². The Kier molecular flexibility index (Phi) is 4.39. The average molecular weight is 326 g/mol. The van der Waals surface area contributed by atoms with Crippen molar-refractivity contribution in [2.45, 2.75) is 9.92 Å². The molecule has 0 amide bonds. The average Bonchev–Trinajstić information content (AvgIpc) is 2.28. The fourth-order valence-corrected chi connectivity index (χ4v) is 2.76. The van der Waals surface area contributed by atoms with Gasteiger partial charge in [0, 0.05) is 9.92 Å². The van der Waals surface area contributed by atoms with Gasteiger partial charge < -0.3 is 0 Å². The molecular formula is C10H4Cl4N2S. The van der Waals surface area contributed by atoms with E-state index in [9.17, 15) is 0 Å². The number of hydrogen-bond acceptors (Lipinski definition) is 3. The molecule has 0 spiro atoms. The molecule has 88 valence electrons. The number of nitrogens with zero attached hydrogens (tertiary/aromatic N) is 2. The Hall–Kier alpha value is -0.190. The van der Waals surface area contributed by atoms with Gasteiger partial charge in [-0.1, -0.05) is 46.6 Å². The highest BCUT2D eigenvalue weighted by Gasteiger charge is 2.09. The lowest BCUT2D eigenvalue weighted by Crippen LogP contribution is -1.86. The first-order valence-corrected chi connectivity index (χ1v) is 6.70. The standard InChI is InChI=1S/C10H4Cl4N2S/c11-5-1-2-6(12)8(3-5)17-9-7(13)4-15-10(14)16-9/h1-4H. The summed E-state index contributed by atoms with van der Waals surface area (Å²) in [7, 11) is 0. The number of halogens is 4. The zero-order valence-corrected chi connectivity index (χ0v) is 12.0. The van der Waals surface area contributed by atoms with Crippen molar-refractivity contribution in [3.8, 4) is 0 Å². The minimum Gasteiger partial charge on any atom is -0.225 e. The van der Waals surface area contributed by atoms with Gasteiger partial charge in [-0.15, -0.1) is 0 Å². The zero-order chi connectivity index (χ0) is 12.4. The summed E-state index contributed by atoms with van der Waals surface area (Å²) in [6.07, 6.45) is 1.44. The summed E-state index contributed by atoms with van der Waals surface area (Å²) in [5.41, 5.74) is 0. The van der Waals surface area contributed by atoms with Crippen molar-refractivity contribution < 1.29 is 0 Å². The monoisotopic (exact) mass is 324 g/mol. The second-order valence-electron chi connectivity index (χ2n) is 2.97. The largest absolute Gasteiger partial charge is 0.225 e. The predicted octanol–water partition coefficient (Wildman–Crippen LogP) is 5.24. The van der Waals surface area contributed by atoms with Crippen LogP contribution in [0.3, 0.4) is 0 Å². The highest BCUT2D eigenvalue weighted by atomic mass is 35.5. The summed E-state index contributed by atoms with van der Waals surface area (Å²) in [5, 5.41) is 2.25. The highest BCUT2D eigenvalue weighted by Crippen LogP contribution is 2.37. The molecule has 2 nitrogen and oxygen atoms in total. The Morgan fingerprint density at radius 2 is 1.76 bits per heavy atom. The van der Waals surface area contributed by atoms with Crippen molar-refractivity contribution in [2.75, 3.05) is 0 Å². The van der Waals surface area contributed by atoms with Gasteiger partial charge in [0.15, 0.2) is 0 Å². The van der Waals surface area contributed by atoms with E-state index in [0.717, 1.165) is 4.90 Å². The second-order valence-corrected chi connectivity index (χ2v) is 5.59. The van der Waals surface area contributed by atoms with Crippen molar-refractivity contribution in [2.24, 2.45) is 0 Å². The molecule has 0 N–H and O–H groups in total. The van der Waals surface area contributed by atoms with Gasteiger partial charge in [-0.25, -0.2) is 9.97 Å². The van der Waals surface area contributed by atoms with E-state index in [1.165, 1.54) is 18.0 Å². The van der Waals surface area contributed by atoms with E-state index in [0.29, 0.717) is 20.1 Å². The molecule has 0 saturated carbocycles. The maximum absolute atomic E-state index is 6.04. The van der Waals surface area contributed by atoms with E-state index in [4.69, 9.17) is 46.4 Å². The topological polar surface area (TPSA) is 25.8 Å². The molecule has 2 aromatic rings. The molecule has 17 heavy (non-hydrogen) atoms. The second kappa shape index (κ2) is 5.63. The Morgan fingerprint density at radius 3 is 2.53 bits per heavy atom. The summed E-state index contributed by atoms with van der Waals surface area (Å²) >= 11 is 24.9. The number of hydrogen-bond donors (Lipinski definition) is 0. The summed E-state index contributed by atoms with van der Waals surface area (Å²) in [6.45, 7) is 0. The van der Waals surface area contributed by atoms with E-state index < -0.39 is 0 Å². The first-order chi connectivity index (χ1) is 8.06. The molecule has 0 bridgehead atoms. The van der Waals surface area contributed by atoms with Crippen molar-refractivity contribution in [3.05, 3.63) is 44.7 Å². The van der Waals surface area contributed by atoms with Crippen molar-refractivity contribution in [1.82, 2.24) is 9.97 Å². The fourth-order valence-electron chi connectivity index (χ4n) is 1.06. The van der Waals surface area contributed by atoms with Gasteiger partial charge in [0.2, 0.25) is 5.28 Å². The first kappa shape index (κ1) is 13.2. The predicted molar refractivity (Wildman–Crippen MR) is 72.6 cm³/mol. The molecule has 0 aliphatic rings. The molecule has 0 atom stereocenters. The summed E-state index contributed by atoms with van der Waals surface area (Å²) in [5.74, 6) is 0. The van der Waals surface area contributed by atoms with Crippen molar-refractivity contribution in [1.29, 1.82) is 0 Å². The number of aromatic nitrogens is 2. The van der Waals surface area contributed by atoms with E-state index >= 15 is 0 Å². The van der Waals surface area contributed by atoms with Gasteiger partial charge in [-0.2, -0.15) is 0 Å². The molecule has 1 heterocycles. The van der Waals surface area contributed by atoms with Crippen LogP contribution >= 0.6 is 58.2 Å². The summed E-state index contributed by atoms with van der Waals surface area (Å²) in [6, 6.07) is 5.16. The Balaban J connectivity index is 2.37. The van der Waals surface area contributed by atoms with Crippen LogP contribution in [-0.2, 0) is 0 Å². The van der Waals surface area contributed by atoms with Crippen molar-refractivity contribution >= 4 is 58.2 Å². The quantitative estimate of drug-likeness (QED) is 0.557. The van der Waals surface area contributed by atoms with Crippen LogP contribution in [0.1, 0.15) is 0 Å². The maximum Gasteiger partial charge on any atom is 0.223 e. The molecule has 2 rings (SSSR count). The molecule has 7 heteroatoms. The summed E-state index contributed by atoms with van der Waals surface area (Å²) in [4.78, 5) is 8.55. The van der Waals surface area contributed by atoms with Crippen LogP contribution in [0, 0.1) is 0 Å². The molecule has 0 aliphatic heterocycles. The lowest BCUT2D eigenvalue weighted by Gasteiger charge is -2.05. The van der Waals surface area contributed by atoms with Crippen LogP contribution in [0.5, 0.6) is 0 Å². The van der Waals surface area contributed by atoms with E-state index in [1.807, 2.05) is 0 Å². The molecule has 1 aromatic heterocycles. The van der Waals surface area contributed by atoms with E-state index in [1.54, 1.807) is 18.2 Å². The molecule has 0 aliphatic carbocycles. The molecule has 1 aromatic carbocycles. The van der Waals surface area contributed by atoms with Gasteiger partial charge in [0.05, 0.1) is 16.2 Å². The van der Waals surface area contributed by atoms with Crippen LogP contribution in [0.2, 0.25) is 20.4 Å². The van der Waals surface area contributed by atoms with E-state index in [2.05, 4.69) is 9.97 Å². The van der Waals surface area contributed by atoms with Crippen LogP contribution < -0.4 is 0 Å². The smallest absolute Gasteiger partial charge is 0.223 e. The Morgan fingerprint density at radius 1 is 1.00 bits per heavy atom. The molecule has 0 fully saturated rings. The van der Waals surface area contributed by atoms with E-state index in [-0.39, 0.29) is 5.28 Å². The van der Waals surface area contributed by atoms with Gasteiger partial charge in [-0.05, 0) is 29.8 Å². The molecule has 0 radical (unpaired) electrons. The lowest BCUT2D eigenvalue weighted by atomic mass is 10.4. The Bertz CT molecular complexity index is 512. The third kappa shape index (κ3) is 3.39. The zero-order valence-electron chi connectivity index (χ0n) is 8.12. The minimum atomic E-state index is 0.134. The normalized spacial score (nSPS) is 10.6. The van der Waals surface area contributed by atoms with Crippen molar-refractivity contribution in [3.63, 3.8) is 0 Å². The number of rotatable bonds is 2. The molecule has 0 unspecified atom stereocenters. The number of benzene rings is 1. The van der Waals surface area contributed by atoms with Crippen LogP contribution in [0.15, 0.2) is 34.3 Å². The van der Waals surface area contributed by atoms with Crippen LogP contribution in [0.25, 0.3) is 0 Å². The third-order valence-electron chi connectivity index (χ3n) is 1.78. The SMILES string of the molecule is Clc1ccc(Cl)c(Sc2nc(Cl)ncc2Cl)c1. The summed E-state index contributed by atoms with van der Waals surface area (Å²) < 4.78 is 0. The van der Waals surface area contributed by atoms with Gasteiger partial charge in [0.1, 0.15) is 5.03 Å². The Labute approximate surface area is 122 Å². The maximum atomic E-state index is 6.04. The van der Waals surface area contributed by atoms with Gasteiger partial charge >= 0.3 is 0 Å². The molecule has 0 saturated heterocycles. The van der Waals surface area contributed by atoms with Crippen LogP contribution in [-0.4, -0.2) is 9.97 Å². The first-order valence-electron chi connectivity index (χ1n) is 4.37. The van der Waals surface area contributed by atoms with Gasteiger partial charge in [0.25, 0.3) is 0 Å². The fraction of sp³-hybridized carbons (Fsp3) is 0. The third-order valence-corrected chi connectivity index (χ3v) is 4.09. The molecular weight excluding hydrogens is 322 g/mol. The highest BCUT2D eigenvalue weighted by molar-refractivity contribution is 7.99. The van der Waals surface area contributed by atoms with Crippen LogP contribution in [0.4, 0.5) is 0 Å². The minimum absolute atomic E-state index is 0.134.